The molecule has 1 aromatic rings. The monoisotopic (exact) mass is 345 g/mol. The van der Waals surface area contributed by atoms with E-state index in [0.29, 0.717) is 13.0 Å². The molecule has 110 valence electrons. The van der Waals surface area contributed by atoms with Gasteiger partial charge in [0.05, 0.1) is 16.6 Å². The highest BCUT2D eigenvalue weighted by Gasteiger charge is 2.21. The second kappa shape index (κ2) is 7.99. The topological polar surface area (TPSA) is 46.6 Å². The summed E-state index contributed by atoms with van der Waals surface area (Å²) in [4.78, 5) is 25.2. The summed E-state index contributed by atoms with van der Waals surface area (Å²) in [6.45, 7) is 4.12. The number of hydrogen-bond donors (Lipinski definition) is 0. The summed E-state index contributed by atoms with van der Waals surface area (Å²) in [6, 6.07) is 4.24. The van der Waals surface area contributed by atoms with Crippen molar-refractivity contribution in [3.05, 3.63) is 34.1 Å². The highest BCUT2D eigenvalue weighted by Crippen LogP contribution is 2.22. The Morgan fingerprint density at radius 1 is 1.35 bits per heavy atom. The SMILES string of the molecule is CCCN(CC(=O)OCC)C(=O)c1cccc(F)c1Br. The molecule has 1 rings (SSSR count). The Labute approximate surface area is 126 Å². The quantitative estimate of drug-likeness (QED) is 0.744. The van der Waals surface area contributed by atoms with Gasteiger partial charge in [0.1, 0.15) is 12.4 Å². The van der Waals surface area contributed by atoms with E-state index in [9.17, 15) is 14.0 Å². The Bertz CT molecular complexity index is 493. The number of ether oxygens (including phenoxy) is 1. The van der Waals surface area contributed by atoms with Gasteiger partial charge >= 0.3 is 5.97 Å². The van der Waals surface area contributed by atoms with Crippen molar-refractivity contribution >= 4 is 27.8 Å². The van der Waals surface area contributed by atoms with Crippen molar-refractivity contribution in [3.63, 3.8) is 0 Å². The maximum atomic E-state index is 13.5. The standard InChI is InChI=1S/C14H17BrFNO3/c1-3-8-17(9-12(18)20-4-2)14(19)10-6-5-7-11(16)13(10)15/h5-7H,3-4,8-9H2,1-2H3. The molecule has 1 aromatic carbocycles. The van der Waals surface area contributed by atoms with Gasteiger partial charge in [-0.1, -0.05) is 13.0 Å². The first-order chi connectivity index (χ1) is 9.51. The minimum Gasteiger partial charge on any atom is -0.465 e. The smallest absolute Gasteiger partial charge is 0.325 e. The van der Waals surface area contributed by atoms with Crippen LogP contribution in [0, 0.1) is 5.82 Å². The first-order valence-corrected chi connectivity index (χ1v) is 7.19. The molecule has 0 N–H and O–H groups in total. The molecular formula is C14H17BrFNO3. The van der Waals surface area contributed by atoms with Crippen LogP contribution in [0.1, 0.15) is 30.6 Å². The summed E-state index contributed by atoms with van der Waals surface area (Å²) in [5.74, 6) is -1.38. The molecule has 0 saturated heterocycles. The van der Waals surface area contributed by atoms with Crippen molar-refractivity contribution in [3.8, 4) is 0 Å². The Balaban J connectivity index is 2.93. The van der Waals surface area contributed by atoms with Crippen LogP contribution in [0.5, 0.6) is 0 Å². The zero-order valence-corrected chi connectivity index (χ0v) is 13.1. The van der Waals surface area contributed by atoms with Crippen LogP contribution in [0.25, 0.3) is 0 Å². The molecule has 0 fully saturated rings. The molecule has 0 aliphatic carbocycles. The minimum atomic E-state index is -0.511. The van der Waals surface area contributed by atoms with Crippen LogP contribution in [0.15, 0.2) is 22.7 Å². The van der Waals surface area contributed by atoms with Crippen molar-refractivity contribution in [1.29, 1.82) is 0 Å². The van der Waals surface area contributed by atoms with E-state index < -0.39 is 17.7 Å². The normalized spacial score (nSPS) is 10.2. The highest BCUT2D eigenvalue weighted by atomic mass is 79.9. The summed E-state index contributed by atoms with van der Waals surface area (Å²) < 4.78 is 18.4. The zero-order chi connectivity index (χ0) is 15.1. The van der Waals surface area contributed by atoms with E-state index >= 15 is 0 Å². The van der Waals surface area contributed by atoms with Crippen molar-refractivity contribution < 1.29 is 18.7 Å². The lowest BCUT2D eigenvalue weighted by molar-refractivity contribution is -0.143. The zero-order valence-electron chi connectivity index (χ0n) is 11.5. The largest absolute Gasteiger partial charge is 0.465 e. The number of hydrogen-bond acceptors (Lipinski definition) is 3. The molecule has 0 saturated carbocycles. The second-order valence-electron chi connectivity index (χ2n) is 4.13. The van der Waals surface area contributed by atoms with Crippen molar-refractivity contribution in [1.82, 2.24) is 4.90 Å². The number of esters is 1. The van der Waals surface area contributed by atoms with Gasteiger partial charge in [-0.3, -0.25) is 9.59 Å². The van der Waals surface area contributed by atoms with E-state index in [0.717, 1.165) is 0 Å². The molecule has 0 bridgehead atoms. The fourth-order valence-corrected chi connectivity index (χ4v) is 2.16. The predicted octanol–water partition coefficient (Wildman–Crippen LogP) is 3.00. The van der Waals surface area contributed by atoms with Gasteiger partial charge in [-0.05, 0) is 41.4 Å². The van der Waals surface area contributed by atoms with Gasteiger partial charge in [-0.25, -0.2) is 4.39 Å². The van der Waals surface area contributed by atoms with Crippen LogP contribution in [0.2, 0.25) is 0 Å². The third-order valence-electron chi connectivity index (χ3n) is 2.59. The summed E-state index contributed by atoms with van der Waals surface area (Å²) in [5, 5.41) is 0. The molecule has 0 radical (unpaired) electrons. The molecule has 0 aromatic heterocycles. The van der Waals surface area contributed by atoms with Gasteiger partial charge in [-0.15, -0.1) is 0 Å². The number of rotatable bonds is 6. The third kappa shape index (κ3) is 4.30. The molecule has 0 heterocycles. The molecule has 6 heteroatoms. The van der Waals surface area contributed by atoms with Crippen molar-refractivity contribution in [2.45, 2.75) is 20.3 Å². The molecule has 4 nitrogen and oxygen atoms in total. The molecule has 0 atom stereocenters. The lowest BCUT2D eigenvalue weighted by atomic mass is 10.2. The van der Waals surface area contributed by atoms with E-state index in [2.05, 4.69) is 15.9 Å². The number of carbonyl (C=O) groups excluding carboxylic acids is 2. The summed E-state index contributed by atoms with van der Waals surface area (Å²) in [7, 11) is 0. The van der Waals surface area contributed by atoms with Crippen molar-refractivity contribution in [2.24, 2.45) is 0 Å². The number of carbonyl (C=O) groups is 2. The first kappa shape index (κ1) is 16.6. The molecule has 0 spiro atoms. The van der Waals surface area contributed by atoms with Crippen LogP contribution in [0.3, 0.4) is 0 Å². The average molecular weight is 346 g/mol. The summed E-state index contributed by atoms with van der Waals surface area (Å²) in [6.07, 6.45) is 0.693. The Morgan fingerprint density at radius 3 is 2.65 bits per heavy atom. The Morgan fingerprint density at radius 2 is 2.05 bits per heavy atom. The Hall–Kier alpha value is -1.43. The molecule has 1 amide bonds. The van der Waals surface area contributed by atoms with Gasteiger partial charge in [-0.2, -0.15) is 0 Å². The van der Waals surface area contributed by atoms with Crippen molar-refractivity contribution in [2.75, 3.05) is 19.7 Å². The maximum Gasteiger partial charge on any atom is 0.325 e. The fourth-order valence-electron chi connectivity index (χ4n) is 1.72. The minimum absolute atomic E-state index is 0.106. The number of halogens is 2. The lowest BCUT2D eigenvalue weighted by Gasteiger charge is -2.21. The number of nitrogens with zero attached hydrogens (tertiary/aromatic N) is 1. The first-order valence-electron chi connectivity index (χ1n) is 6.40. The fraction of sp³-hybridized carbons (Fsp3) is 0.429. The summed E-state index contributed by atoms with van der Waals surface area (Å²) >= 11 is 3.06. The van der Waals surface area contributed by atoms with E-state index in [-0.39, 0.29) is 23.2 Å². The summed E-state index contributed by atoms with van der Waals surface area (Å²) in [5.41, 5.74) is 0.197. The number of benzene rings is 1. The van der Waals surface area contributed by atoms with Crippen LogP contribution < -0.4 is 0 Å². The third-order valence-corrected chi connectivity index (χ3v) is 3.39. The van der Waals surface area contributed by atoms with E-state index in [1.54, 1.807) is 6.92 Å². The van der Waals surface area contributed by atoms with Crippen LogP contribution in [-0.2, 0) is 9.53 Å². The van der Waals surface area contributed by atoms with Gasteiger partial charge in [0.25, 0.3) is 5.91 Å². The predicted molar refractivity (Wildman–Crippen MR) is 76.9 cm³/mol. The van der Waals surface area contributed by atoms with Gasteiger partial charge < -0.3 is 9.64 Å². The van der Waals surface area contributed by atoms with Crippen LogP contribution in [-0.4, -0.2) is 36.5 Å². The molecular weight excluding hydrogens is 329 g/mol. The van der Waals surface area contributed by atoms with Gasteiger partial charge in [0, 0.05) is 6.54 Å². The van der Waals surface area contributed by atoms with Gasteiger partial charge in [0.15, 0.2) is 0 Å². The molecule has 20 heavy (non-hydrogen) atoms. The van der Waals surface area contributed by atoms with Crippen LogP contribution >= 0.6 is 15.9 Å². The molecule has 0 unspecified atom stereocenters. The molecule has 0 aliphatic heterocycles. The highest BCUT2D eigenvalue weighted by molar-refractivity contribution is 9.10. The second-order valence-corrected chi connectivity index (χ2v) is 4.93. The lowest BCUT2D eigenvalue weighted by Crippen LogP contribution is -2.37. The maximum absolute atomic E-state index is 13.5. The number of amides is 1. The van der Waals surface area contributed by atoms with E-state index in [1.165, 1.54) is 23.1 Å². The Kier molecular flexibility index (Phi) is 6.64. The van der Waals surface area contributed by atoms with Gasteiger partial charge in [0.2, 0.25) is 0 Å². The van der Waals surface area contributed by atoms with E-state index in [1.807, 2.05) is 6.92 Å². The average Bonchev–Trinajstić information content (AvgIpc) is 2.41. The van der Waals surface area contributed by atoms with E-state index in [4.69, 9.17) is 4.74 Å². The van der Waals surface area contributed by atoms with Crippen LogP contribution in [0.4, 0.5) is 4.39 Å². The molecule has 0 aliphatic rings.